The molecule has 0 amide bonds. The van der Waals surface area contributed by atoms with Crippen LogP contribution in [0.25, 0.3) is 0 Å². The van der Waals surface area contributed by atoms with Crippen LogP contribution >= 0.6 is 0 Å². The second-order valence-corrected chi connectivity index (χ2v) is 6.57. The molecule has 138 valence electrons. The van der Waals surface area contributed by atoms with Gasteiger partial charge in [0.15, 0.2) is 0 Å². The van der Waals surface area contributed by atoms with Gasteiger partial charge in [-0.25, -0.2) is 0 Å². The Kier molecular flexibility index (Phi) is 21.0. The van der Waals surface area contributed by atoms with Crippen LogP contribution in [0, 0.1) is 0 Å². The largest absolute Gasteiger partial charge is 0.391 e. The van der Waals surface area contributed by atoms with Gasteiger partial charge in [0.1, 0.15) is 0 Å². The molecule has 0 aromatic carbocycles. The molecule has 0 aliphatic carbocycles. The molecule has 0 heterocycles. The van der Waals surface area contributed by atoms with Gasteiger partial charge in [-0.2, -0.15) is 0 Å². The van der Waals surface area contributed by atoms with E-state index in [1.807, 2.05) is 0 Å². The maximum atomic E-state index is 5.44. The topological polar surface area (TPSA) is 50.1 Å². The summed E-state index contributed by atoms with van der Waals surface area (Å²) >= 11 is 0. The first kappa shape index (κ1) is 22.5. The van der Waals surface area contributed by atoms with Gasteiger partial charge in [-0.15, -0.1) is 0 Å². The van der Waals surface area contributed by atoms with Gasteiger partial charge in [-0.05, 0) is 51.5 Å². The molecular formula is C20H43N3. The summed E-state index contributed by atoms with van der Waals surface area (Å²) in [6.07, 6.45) is 22.0. The molecule has 3 nitrogen and oxygen atoms in total. The van der Waals surface area contributed by atoms with Gasteiger partial charge in [0, 0.05) is 6.54 Å². The van der Waals surface area contributed by atoms with E-state index < -0.39 is 0 Å². The van der Waals surface area contributed by atoms with Gasteiger partial charge in [0.05, 0.1) is 0 Å². The zero-order valence-corrected chi connectivity index (χ0v) is 15.8. The molecule has 0 spiro atoms. The van der Waals surface area contributed by atoms with Gasteiger partial charge in [-0.3, -0.25) is 0 Å². The molecule has 0 saturated carbocycles. The van der Waals surface area contributed by atoms with Crippen molar-refractivity contribution < 1.29 is 0 Å². The third kappa shape index (κ3) is 21.5. The highest BCUT2D eigenvalue weighted by atomic mass is 14.9. The van der Waals surface area contributed by atoms with E-state index in [2.05, 4.69) is 29.8 Å². The lowest BCUT2D eigenvalue weighted by molar-refractivity contribution is 0.557. The number of hydrogen-bond donors (Lipinski definition) is 3. The number of allylic oxidation sites excluding steroid dienone is 1. The summed E-state index contributed by atoms with van der Waals surface area (Å²) < 4.78 is 0. The second-order valence-electron chi connectivity index (χ2n) is 6.57. The van der Waals surface area contributed by atoms with Crippen LogP contribution < -0.4 is 16.4 Å². The quantitative estimate of drug-likeness (QED) is 0.301. The molecule has 0 unspecified atom stereocenters. The highest BCUT2D eigenvalue weighted by Crippen LogP contribution is 2.11. The van der Waals surface area contributed by atoms with E-state index in [9.17, 15) is 0 Å². The monoisotopic (exact) mass is 325 g/mol. The molecule has 0 fully saturated rings. The van der Waals surface area contributed by atoms with E-state index in [-0.39, 0.29) is 0 Å². The predicted molar refractivity (Wildman–Crippen MR) is 105 cm³/mol. The first-order chi connectivity index (χ1) is 11.4. The fourth-order valence-electron chi connectivity index (χ4n) is 2.67. The highest BCUT2D eigenvalue weighted by molar-refractivity contribution is 4.79. The standard InChI is InChI=1S/C20H43N3/c1-2-3-4-5-6-7-8-9-10-11-12-13-17-22-19-15-20-23-18-14-16-21/h13,17,22-23H,2-12,14-16,18-21H2,1H3/b17-13+. The lowest BCUT2D eigenvalue weighted by Crippen LogP contribution is -2.22. The van der Waals surface area contributed by atoms with Crippen LogP contribution in [0.15, 0.2) is 12.3 Å². The Morgan fingerprint density at radius 1 is 0.696 bits per heavy atom. The SMILES string of the molecule is CCCCCCCCCCCC/C=C/NCCCNCCCN. The molecule has 0 aliphatic rings. The van der Waals surface area contributed by atoms with Crippen molar-refractivity contribution >= 4 is 0 Å². The van der Waals surface area contributed by atoms with Crippen molar-refractivity contribution in [2.45, 2.75) is 90.4 Å². The van der Waals surface area contributed by atoms with E-state index in [0.29, 0.717) is 0 Å². The molecule has 0 bridgehead atoms. The van der Waals surface area contributed by atoms with E-state index in [1.165, 1.54) is 77.0 Å². The number of hydrogen-bond acceptors (Lipinski definition) is 3. The summed E-state index contributed by atoms with van der Waals surface area (Å²) in [5.41, 5.74) is 5.44. The minimum atomic E-state index is 0.785. The van der Waals surface area contributed by atoms with Crippen LogP contribution in [0.3, 0.4) is 0 Å². The smallest absolute Gasteiger partial charge is 0.0153 e. The summed E-state index contributed by atoms with van der Waals surface area (Å²) in [5.74, 6) is 0. The Hall–Kier alpha value is -0.540. The third-order valence-corrected chi connectivity index (χ3v) is 4.19. The minimum absolute atomic E-state index is 0.785. The van der Waals surface area contributed by atoms with Crippen molar-refractivity contribution in [3.05, 3.63) is 12.3 Å². The Labute approximate surface area is 145 Å². The molecular weight excluding hydrogens is 282 g/mol. The molecule has 0 rings (SSSR count). The summed E-state index contributed by atoms with van der Waals surface area (Å²) in [6, 6.07) is 0. The van der Waals surface area contributed by atoms with E-state index in [4.69, 9.17) is 5.73 Å². The summed E-state index contributed by atoms with van der Waals surface area (Å²) in [5, 5.41) is 6.76. The van der Waals surface area contributed by atoms with Crippen LogP contribution in [0.5, 0.6) is 0 Å². The van der Waals surface area contributed by atoms with E-state index in [0.717, 1.165) is 32.6 Å². The van der Waals surface area contributed by atoms with Crippen LogP contribution in [-0.4, -0.2) is 26.2 Å². The maximum Gasteiger partial charge on any atom is 0.0153 e. The second kappa shape index (κ2) is 21.5. The average Bonchev–Trinajstić information content (AvgIpc) is 2.57. The van der Waals surface area contributed by atoms with Crippen LogP contribution in [0.1, 0.15) is 90.4 Å². The Morgan fingerprint density at radius 2 is 1.30 bits per heavy atom. The molecule has 0 saturated heterocycles. The summed E-state index contributed by atoms with van der Waals surface area (Å²) in [6.45, 7) is 6.26. The van der Waals surface area contributed by atoms with E-state index >= 15 is 0 Å². The van der Waals surface area contributed by atoms with Crippen molar-refractivity contribution in [2.75, 3.05) is 26.2 Å². The molecule has 0 aromatic rings. The zero-order valence-electron chi connectivity index (χ0n) is 15.8. The normalized spacial score (nSPS) is 11.4. The zero-order chi connectivity index (χ0) is 16.8. The summed E-state index contributed by atoms with van der Waals surface area (Å²) in [7, 11) is 0. The van der Waals surface area contributed by atoms with Crippen molar-refractivity contribution in [1.29, 1.82) is 0 Å². The number of nitrogens with two attached hydrogens (primary N) is 1. The average molecular weight is 326 g/mol. The van der Waals surface area contributed by atoms with Crippen molar-refractivity contribution in [3.63, 3.8) is 0 Å². The minimum Gasteiger partial charge on any atom is -0.391 e. The number of rotatable bonds is 19. The molecule has 3 heteroatoms. The highest BCUT2D eigenvalue weighted by Gasteiger charge is 1.92. The number of unbranched alkanes of at least 4 members (excludes halogenated alkanes) is 10. The third-order valence-electron chi connectivity index (χ3n) is 4.19. The van der Waals surface area contributed by atoms with Crippen molar-refractivity contribution in [2.24, 2.45) is 5.73 Å². The van der Waals surface area contributed by atoms with Gasteiger partial charge < -0.3 is 16.4 Å². The fourth-order valence-corrected chi connectivity index (χ4v) is 2.67. The maximum absolute atomic E-state index is 5.44. The molecule has 0 aliphatic heterocycles. The lowest BCUT2D eigenvalue weighted by Gasteiger charge is -2.03. The Morgan fingerprint density at radius 3 is 1.96 bits per heavy atom. The van der Waals surface area contributed by atoms with Gasteiger partial charge in [0.2, 0.25) is 0 Å². The van der Waals surface area contributed by atoms with Gasteiger partial charge in [-0.1, -0.05) is 70.8 Å². The van der Waals surface area contributed by atoms with Crippen LogP contribution in [0.4, 0.5) is 0 Å². The van der Waals surface area contributed by atoms with Crippen LogP contribution in [0.2, 0.25) is 0 Å². The fraction of sp³-hybridized carbons (Fsp3) is 0.900. The molecule has 0 radical (unpaired) electrons. The molecule has 23 heavy (non-hydrogen) atoms. The first-order valence-electron chi connectivity index (χ1n) is 10.2. The number of nitrogens with one attached hydrogen (secondary N) is 2. The molecule has 0 aromatic heterocycles. The molecule has 0 atom stereocenters. The van der Waals surface area contributed by atoms with Gasteiger partial charge in [0.25, 0.3) is 0 Å². The predicted octanol–water partition coefficient (Wildman–Crippen LogP) is 4.73. The Bertz CT molecular complexity index is 229. The first-order valence-corrected chi connectivity index (χ1v) is 10.2. The Balaban J connectivity index is 3.03. The van der Waals surface area contributed by atoms with Crippen molar-refractivity contribution in [1.82, 2.24) is 10.6 Å². The van der Waals surface area contributed by atoms with E-state index in [1.54, 1.807) is 0 Å². The van der Waals surface area contributed by atoms with Crippen molar-refractivity contribution in [3.8, 4) is 0 Å². The van der Waals surface area contributed by atoms with Crippen LogP contribution in [-0.2, 0) is 0 Å². The summed E-state index contributed by atoms with van der Waals surface area (Å²) in [4.78, 5) is 0. The van der Waals surface area contributed by atoms with Gasteiger partial charge >= 0.3 is 0 Å². The molecule has 4 N–H and O–H groups in total. The lowest BCUT2D eigenvalue weighted by atomic mass is 10.1.